The molecule has 3 aromatic rings. The molecule has 3 aromatic carbocycles. The van der Waals surface area contributed by atoms with Crippen LogP contribution in [0.2, 0.25) is 0 Å². The van der Waals surface area contributed by atoms with E-state index in [0.717, 1.165) is 13.4 Å². The fourth-order valence-corrected chi connectivity index (χ4v) is 6.65. The van der Waals surface area contributed by atoms with E-state index in [4.69, 9.17) is 26.6 Å². The van der Waals surface area contributed by atoms with Gasteiger partial charge in [-0.05, 0) is 49.7 Å². The lowest BCUT2D eigenvalue weighted by molar-refractivity contribution is -0.116. The van der Waals surface area contributed by atoms with Crippen molar-refractivity contribution in [1.29, 1.82) is 0 Å². The van der Waals surface area contributed by atoms with E-state index in [9.17, 15) is 17.6 Å². The molecule has 0 spiro atoms. The molecule has 0 radical (unpaired) electrons. The van der Waals surface area contributed by atoms with Crippen molar-refractivity contribution in [3.8, 4) is 11.5 Å². The minimum atomic E-state index is -4.31. The Bertz CT molecular complexity index is 1400. The largest absolute Gasteiger partial charge is 0.490 e. The molecule has 0 aromatic heterocycles. The number of hydrogen-bond acceptors (Lipinski definition) is 5. The molecule has 11 heteroatoms. The Morgan fingerprint density at radius 1 is 1.17 bits per heavy atom. The maximum atomic E-state index is 14.8. The average molecular weight is 647 g/mol. The highest BCUT2D eigenvalue weighted by atomic mass is 127. The van der Waals surface area contributed by atoms with Crippen molar-refractivity contribution in [2.45, 2.75) is 25.2 Å². The number of nitrogens with zero attached hydrogens (tertiary/aromatic N) is 1. The number of anilines is 1. The number of carbonyl (C=O) groups excluding carboxylic acids is 1. The number of halogens is 3. The van der Waals surface area contributed by atoms with Crippen LogP contribution in [0.25, 0.3) is 0 Å². The second-order valence-electron chi connectivity index (χ2n) is 7.74. The third-order valence-electron chi connectivity index (χ3n) is 5.26. The summed E-state index contributed by atoms with van der Waals surface area (Å²) >= 11 is 4.80. The van der Waals surface area contributed by atoms with Gasteiger partial charge in [-0.25, -0.2) is 12.8 Å². The van der Waals surface area contributed by atoms with Crippen LogP contribution < -0.4 is 19.1 Å². The van der Waals surface area contributed by atoms with Crippen LogP contribution in [0.3, 0.4) is 0 Å². The van der Waals surface area contributed by atoms with Crippen LogP contribution in [0.5, 0.6) is 11.5 Å². The minimum absolute atomic E-state index is 0.113. The van der Waals surface area contributed by atoms with Crippen molar-refractivity contribution in [3.63, 3.8) is 0 Å². The quantitative estimate of drug-likeness (QED) is 0.299. The molecule has 0 aliphatic rings. The topological polar surface area (TPSA) is 98.9 Å². The monoisotopic (exact) mass is 646 g/mol. The van der Waals surface area contributed by atoms with Gasteiger partial charge in [0.1, 0.15) is 24.2 Å². The predicted octanol–water partition coefficient (Wildman–Crippen LogP) is 4.91. The number of hydrogen-bond donors (Lipinski definition) is 1. The molecule has 0 fully saturated rings. The fraction of sp³-hybridized carbons (Fsp3) is 0.200. The first-order valence-electron chi connectivity index (χ1n) is 10.7. The third-order valence-corrected chi connectivity index (χ3v) is 9.02. The summed E-state index contributed by atoms with van der Waals surface area (Å²) in [6.45, 7) is 3.19. The number of primary amides is 1. The van der Waals surface area contributed by atoms with Gasteiger partial charge < -0.3 is 14.8 Å². The molecule has 0 atom stereocenters. The zero-order valence-corrected chi connectivity index (χ0v) is 23.4. The van der Waals surface area contributed by atoms with Crippen molar-refractivity contribution in [1.82, 2.24) is 0 Å². The summed E-state index contributed by atoms with van der Waals surface area (Å²) in [6, 6.07) is 13.8. The molecule has 1 amide bonds. The molecule has 0 bridgehead atoms. The van der Waals surface area contributed by atoms with Crippen LogP contribution >= 0.6 is 32.6 Å². The van der Waals surface area contributed by atoms with Gasteiger partial charge in [-0.3, -0.25) is 9.10 Å². The maximum Gasteiger partial charge on any atom is 0.264 e. The molecule has 36 heavy (non-hydrogen) atoms. The zero-order chi connectivity index (χ0) is 26.5. The molecule has 0 heterocycles. The number of rotatable bonds is 11. The van der Waals surface area contributed by atoms with E-state index in [0.29, 0.717) is 11.1 Å². The van der Waals surface area contributed by atoms with Crippen molar-refractivity contribution in [3.05, 3.63) is 80.7 Å². The Morgan fingerprint density at radius 2 is 1.92 bits per heavy atom. The average Bonchev–Trinajstić information content (AvgIpc) is 2.84. The van der Waals surface area contributed by atoms with Gasteiger partial charge in [0.05, 0.1) is 17.2 Å². The highest BCUT2D eigenvalue weighted by molar-refractivity contribution is 14.2. The molecule has 7 nitrogen and oxygen atoms in total. The number of sulfonamides is 1. The second-order valence-corrected chi connectivity index (χ2v) is 11.7. The van der Waals surface area contributed by atoms with E-state index in [1.165, 1.54) is 24.3 Å². The van der Waals surface area contributed by atoms with Crippen LogP contribution in [0.4, 0.5) is 10.1 Å². The van der Waals surface area contributed by atoms with Gasteiger partial charge in [0.2, 0.25) is 5.91 Å². The van der Waals surface area contributed by atoms with E-state index >= 15 is 0 Å². The Kier molecular flexibility index (Phi) is 9.31. The summed E-state index contributed by atoms with van der Waals surface area (Å²) in [5.41, 5.74) is 7.49. The molecule has 3 rings (SSSR count). The van der Waals surface area contributed by atoms with Gasteiger partial charge in [-0.15, -0.1) is 0 Å². The lowest BCUT2D eigenvalue weighted by Crippen LogP contribution is -2.39. The van der Waals surface area contributed by atoms with E-state index in [1.807, 2.05) is 13.0 Å². The Balaban J connectivity index is 2.19. The number of aryl methyl sites for hydroxylation is 1. The number of carbonyl (C=O) groups is 1. The highest BCUT2D eigenvalue weighted by Crippen LogP contribution is 2.35. The summed E-state index contributed by atoms with van der Waals surface area (Å²) in [6.07, 6.45) is 0.113. The highest BCUT2D eigenvalue weighted by Gasteiger charge is 2.30. The summed E-state index contributed by atoms with van der Waals surface area (Å²) < 4.78 is 58.3. The maximum absolute atomic E-state index is 14.8. The van der Waals surface area contributed by atoms with Gasteiger partial charge in [0.25, 0.3) is 10.0 Å². The minimum Gasteiger partial charge on any atom is -0.490 e. The molecular weight excluding hydrogens is 622 g/mol. The summed E-state index contributed by atoms with van der Waals surface area (Å²) in [5, 5.41) is 0. The molecule has 2 N–H and O–H groups in total. The number of nitrogens with two attached hydrogens (primary N) is 1. The van der Waals surface area contributed by atoms with Gasteiger partial charge in [0, 0.05) is 21.6 Å². The van der Waals surface area contributed by atoms with E-state index in [2.05, 4.69) is 4.51 Å². The van der Waals surface area contributed by atoms with E-state index in [1.54, 1.807) is 31.2 Å². The first-order chi connectivity index (χ1) is 17.1. The van der Waals surface area contributed by atoms with Crippen molar-refractivity contribution >= 4 is 58.7 Å². The van der Waals surface area contributed by atoms with Gasteiger partial charge in [0.15, 0.2) is 11.5 Å². The van der Waals surface area contributed by atoms with Crippen LogP contribution in [0.1, 0.15) is 23.6 Å². The van der Waals surface area contributed by atoms with Crippen molar-refractivity contribution in [2.24, 2.45) is 5.73 Å². The Labute approximate surface area is 224 Å². The van der Waals surface area contributed by atoms with Gasteiger partial charge in [-0.2, -0.15) is 0 Å². The van der Waals surface area contributed by atoms with Crippen LogP contribution in [-0.2, 0) is 21.2 Å². The van der Waals surface area contributed by atoms with Crippen molar-refractivity contribution in [2.75, 3.05) is 17.5 Å². The molecule has 0 aliphatic carbocycles. The fourth-order valence-electron chi connectivity index (χ4n) is 3.67. The van der Waals surface area contributed by atoms with E-state index in [-0.39, 0.29) is 35.1 Å². The lowest BCUT2D eigenvalue weighted by Gasteiger charge is -2.26. The number of ether oxygens (including phenoxy) is 1. The zero-order valence-electron chi connectivity index (χ0n) is 19.6. The smallest absolute Gasteiger partial charge is 0.264 e. The van der Waals surface area contributed by atoms with Crippen molar-refractivity contribution < 1.29 is 26.6 Å². The van der Waals surface area contributed by atoms with Crippen LogP contribution in [0, 0.1) is 16.3 Å². The lowest BCUT2D eigenvalue weighted by atomic mass is 10.0. The third kappa shape index (κ3) is 6.16. The van der Waals surface area contributed by atoms with Crippen LogP contribution in [-0.4, -0.2) is 32.0 Å². The van der Waals surface area contributed by atoms with E-state index < -0.39 is 49.0 Å². The molecular formula is C25H25ClFIN2O5S. The number of benzene rings is 3. The molecule has 0 aliphatic heterocycles. The molecule has 0 saturated carbocycles. The molecule has 192 valence electrons. The SMILES string of the molecule is C=Ic1cccc(F)c1Cc1cc(C)ccc1N(CC(N)=O)S(=O)(=O)c1ccc(OCl)c(OCC)c1. The van der Waals surface area contributed by atoms with Gasteiger partial charge in [-0.1, -0.05) is 49.0 Å². The Morgan fingerprint density at radius 3 is 2.56 bits per heavy atom. The van der Waals surface area contributed by atoms with Crippen LogP contribution in [0.15, 0.2) is 59.5 Å². The standard InChI is InChI=1S/C25H25ClFIN2O5S/c1-4-34-24-14-18(9-11-23(24)35-26)36(32,33)30(15-25(29)31)22-10-8-16(2)12-17(22)13-19-20(27)6-5-7-21(19)28-3/h5-12,14H,3-4,13,15H2,1-2H3,(H2,29,31). The first kappa shape index (κ1) is 27.9. The van der Waals surface area contributed by atoms with Gasteiger partial charge >= 0.3 is 0 Å². The summed E-state index contributed by atoms with van der Waals surface area (Å²) in [5.74, 6) is -0.998. The first-order valence-corrected chi connectivity index (χ1v) is 15.1. The Hall–Kier alpha value is -2.70. The predicted molar refractivity (Wildman–Crippen MR) is 148 cm³/mol. The molecule has 0 saturated heterocycles. The molecule has 0 unspecified atom stereocenters. The number of amides is 1. The summed E-state index contributed by atoms with van der Waals surface area (Å²) in [7, 11) is -4.31. The second kappa shape index (κ2) is 12.0. The summed E-state index contributed by atoms with van der Waals surface area (Å²) in [4.78, 5) is 11.9. The normalized spacial score (nSPS) is 11.2.